The van der Waals surface area contributed by atoms with Gasteiger partial charge in [-0.25, -0.2) is 8.42 Å². The standard InChI is InChI=1S/C13H14Br2N2O2S2/c1-8-12(7-13(15)20-8)21(18,19)16-10-6-9(14)4-5-11(10)17(2)3/h4-7,16H,1-3H3. The van der Waals surface area contributed by atoms with Gasteiger partial charge in [-0.05, 0) is 47.1 Å². The molecule has 0 atom stereocenters. The van der Waals surface area contributed by atoms with Crippen LogP contribution in [0.4, 0.5) is 11.4 Å². The summed E-state index contributed by atoms with van der Waals surface area (Å²) in [5.74, 6) is 0. The van der Waals surface area contributed by atoms with Crippen LogP contribution in [0.2, 0.25) is 0 Å². The van der Waals surface area contributed by atoms with E-state index in [1.807, 2.05) is 31.1 Å². The quantitative estimate of drug-likeness (QED) is 0.743. The van der Waals surface area contributed by atoms with Crippen LogP contribution in [0.15, 0.2) is 37.4 Å². The van der Waals surface area contributed by atoms with Crippen molar-refractivity contribution in [3.63, 3.8) is 0 Å². The van der Waals surface area contributed by atoms with Crippen LogP contribution in [0.25, 0.3) is 0 Å². The Labute approximate surface area is 145 Å². The highest BCUT2D eigenvalue weighted by molar-refractivity contribution is 9.11. The Morgan fingerprint density at radius 3 is 2.38 bits per heavy atom. The van der Waals surface area contributed by atoms with Crippen LogP contribution in [0.1, 0.15) is 4.88 Å². The Kier molecular flexibility index (Phi) is 5.02. The van der Waals surface area contributed by atoms with Gasteiger partial charge in [-0.15, -0.1) is 11.3 Å². The van der Waals surface area contributed by atoms with Crippen molar-refractivity contribution in [3.8, 4) is 0 Å². The molecular formula is C13H14Br2N2O2S2. The number of aryl methyl sites for hydroxylation is 1. The first-order chi connectivity index (χ1) is 9.70. The predicted molar refractivity (Wildman–Crippen MR) is 96.0 cm³/mol. The molecule has 4 nitrogen and oxygen atoms in total. The lowest BCUT2D eigenvalue weighted by Gasteiger charge is -2.18. The van der Waals surface area contributed by atoms with Crippen molar-refractivity contribution in [1.82, 2.24) is 0 Å². The molecule has 1 N–H and O–H groups in total. The van der Waals surface area contributed by atoms with E-state index < -0.39 is 10.0 Å². The number of rotatable bonds is 4. The molecule has 114 valence electrons. The lowest BCUT2D eigenvalue weighted by Crippen LogP contribution is -2.17. The number of anilines is 2. The fourth-order valence-corrected chi connectivity index (χ4v) is 5.72. The third-order valence-corrected chi connectivity index (χ3v) is 6.48. The number of halogens is 2. The highest BCUT2D eigenvalue weighted by Gasteiger charge is 2.21. The zero-order chi connectivity index (χ0) is 15.8. The molecule has 1 aromatic heterocycles. The van der Waals surface area contributed by atoms with Gasteiger partial charge >= 0.3 is 0 Å². The molecule has 2 rings (SSSR count). The zero-order valence-corrected chi connectivity index (χ0v) is 16.5. The van der Waals surface area contributed by atoms with E-state index in [-0.39, 0.29) is 0 Å². The zero-order valence-electron chi connectivity index (χ0n) is 11.6. The number of nitrogens with one attached hydrogen (secondary N) is 1. The van der Waals surface area contributed by atoms with E-state index in [2.05, 4.69) is 36.6 Å². The Bertz CT molecular complexity index is 770. The SMILES string of the molecule is Cc1sc(Br)cc1S(=O)(=O)Nc1cc(Br)ccc1N(C)C. The summed E-state index contributed by atoms with van der Waals surface area (Å²) in [6.45, 7) is 1.79. The van der Waals surface area contributed by atoms with E-state index in [1.165, 1.54) is 11.3 Å². The lowest BCUT2D eigenvalue weighted by atomic mass is 10.2. The summed E-state index contributed by atoms with van der Waals surface area (Å²) < 4.78 is 29.4. The molecule has 0 aliphatic carbocycles. The highest BCUT2D eigenvalue weighted by atomic mass is 79.9. The normalized spacial score (nSPS) is 11.5. The first-order valence-corrected chi connectivity index (χ1v) is 9.85. The molecule has 21 heavy (non-hydrogen) atoms. The van der Waals surface area contributed by atoms with E-state index in [4.69, 9.17) is 0 Å². The van der Waals surface area contributed by atoms with Crippen molar-refractivity contribution in [2.24, 2.45) is 0 Å². The Morgan fingerprint density at radius 1 is 1.19 bits per heavy atom. The van der Waals surface area contributed by atoms with Gasteiger partial charge in [0.15, 0.2) is 0 Å². The fraction of sp³-hybridized carbons (Fsp3) is 0.231. The first-order valence-electron chi connectivity index (χ1n) is 5.96. The Balaban J connectivity index is 2.46. The van der Waals surface area contributed by atoms with E-state index in [0.29, 0.717) is 10.6 Å². The minimum atomic E-state index is -3.61. The molecule has 1 aromatic carbocycles. The molecule has 0 saturated heterocycles. The highest BCUT2D eigenvalue weighted by Crippen LogP contribution is 2.33. The predicted octanol–water partition coefficient (Wildman–Crippen LogP) is 4.45. The van der Waals surface area contributed by atoms with Gasteiger partial charge in [0.1, 0.15) is 4.90 Å². The van der Waals surface area contributed by atoms with Crippen LogP contribution in [0.3, 0.4) is 0 Å². The summed E-state index contributed by atoms with van der Waals surface area (Å²) in [5, 5.41) is 0. The molecule has 0 fully saturated rings. The van der Waals surface area contributed by atoms with Gasteiger partial charge in [-0.1, -0.05) is 15.9 Å². The van der Waals surface area contributed by atoms with Gasteiger partial charge in [0.05, 0.1) is 15.2 Å². The van der Waals surface area contributed by atoms with Gasteiger partial charge < -0.3 is 4.90 Å². The largest absolute Gasteiger partial charge is 0.376 e. The molecule has 0 bridgehead atoms. The third-order valence-electron chi connectivity index (χ3n) is 2.82. The smallest absolute Gasteiger partial charge is 0.263 e. The van der Waals surface area contributed by atoms with Gasteiger partial charge in [-0.3, -0.25) is 4.72 Å². The summed E-state index contributed by atoms with van der Waals surface area (Å²) in [6.07, 6.45) is 0. The molecule has 2 aromatic rings. The number of thiophene rings is 1. The van der Waals surface area contributed by atoms with Gasteiger partial charge in [0.2, 0.25) is 0 Å². The summed E-state index contributed by atoms with van der Waals surface area (Å²) in [5.41, 5.74) is 1.34. The first kappa shape index (κ1) is 16.8. The van der Waals surface area contributed by atoms with E-state index in [0.717, 1.165) is 18.8 Å². The van der Waals surface area contributed by atoms with Crippen molar-refractivity contribution in [2.45, 2.75) is 11.8 Å². The molecule has 0 radical (unpaired) electrons. The molecular weight excluding hydrogens is 440 g/mol. The second-order valence-corrected chi connectivity index (χ2v) is 9.83. The Hall–Kier alpha value is -0.570. The van der Waals surface area contributed by atoms with Crippen molar-refractivity contribution in [3.05, 3.63) is 37.4 Å². The van der Waals surface area contributed by atoms with Crippen molar-refractivity contribution in [2.75, 3.05) is 23.7 Å². The van der Waals surface area contributed by atoms with Gasteiger partial charge in [-0.2, -0.15) is 0 Å². The lowest BCUT2D eigenvalue weighted by molar-refractivity contribution is 0.601. The summed E-state index contributed by atoms with van der Waals surface area (Å²) in [6, 6.07) is 7.11. The van der Waals surface area contributed by atoms with Crippen LogP contribution in [0, 0.1) is 6.92 Å². The molecule has 1 heterocycles. The van der Waals surface area contributed by atoms with Crippen LogP contribution in [-0.4, -0.2) is 22.5 Å². The van der Waals surface area contributed by atoms with Crippen molar-refractivity contribution >= 4 is 64.6 Å². The number of sulfonamides is 1. The number of benzene rings is 1. The van der Waals surface area contributed by atoms with E-state index in [1.54, 1.807) is 19.1 Å². The summed E-state index contributed by atoms with van der Waals surface area (Å²) >= 11 is 8.09. The van der Waals surface area contributed by atoms with Crippen LogP contribution in [-0.2, 0) is 10.0 Å². The van der Waals surface area contributed by atoms with Crippen LogP contribution >= 0.6 is 43.2 Å². The van der Waals surface area contributed by atoms with Gasteiger partial charge in [0.25, 0.3) is 10.0 Å². The van der Waals surface area contributed by atoms with Crippen molar-refractivity contribution < 1.29 is 8.42 Å². The summed E-state index contributed by atoms with van der Waals surface area (Å²) in [4.78, 5) is 2.90. The van der Waals surface area contributed by atoms with Crippen LogP contribution in [0.5, 0.6) is 0 Å². The topological polar surface area (TPSA) is 49.4 Å². The fourth-order valence-electron chi connectivity index (χ4n) is 1.88. The Morgan fingerprint density at radius 2 is 1.86 bits per heavy atom. The number of nitrogens with zero attached hydrogens (tertiary/aromatic N) is 1. The average Bonchev–Trinajstić information content (AvgIpc) is 2.68. The van der Waals surface area contributed by atoms with Crippen molar-refractivity contribution in [1.29, 1.82) is 0 Å². The maximum atomic E-state index is 12.6. The maximum Gasteiger partial charge on any atom is 0.263 e. The monoisotopic (exact) mass is 452 g/mol. The molecule has 0 saturated carbocycles. The number of hydrogen-bond donors (Lipinski definition) is 1. The second kappa shape index (κ2) is 6.28. The number of hydrogen-bond acceptors (Lipinski definition) is 4. The van der Waals surface area contributed by atoms with E-state index in [9.17, 15) is 8.42 Å². The molecule has 0 aliphatic rings. The molecule has 0 spiro atoms. The minimum Gasteiger partial charge on any atom is -0.376 e. The molecule has 0 amide bonds. The van der Waals surface area contributed by atoms with E-state index >= 15 is 0 Å². The second-order valence-electron chi connectivity index (χ2n) is 4.63. The molecule has 0 aliphatic heterocycles. The maximum absolute atomic E-state index is 12.6. The molecule has 0 unspecified atom stereocenters. The minimum absolute atomic E-state index is 0.295. The summed E-state index contributed by atoms with van der Waals surface area (Å²) in [7, 11) is 0.124. The average molecular weight is 454 g/mol. The molecule has 8 heteroatoms. The van der Waals surface area contributed by atoms with Crippen LogP contribution < -0.4 is 9.62 Å². The van der Waals surface area contributed by atoms with Gasteiger partial charge in [0, 0.05) is 23.4 Å². The third kappa shape index (κ3) is 3.80.